The minimum absolute atomic E-state index is 0.147. The molecule has 7 nitrogen and oxygen atoms in total. The van der Waals surface area contributed by atoms with Crippen LogP contribution in [-0.2, 0) is 34.0 Å². The van der Waals surface area contributed by atoms with Gasteiger partial charge in [-0.2, -0.15) is 0 Å². The Labute approximate surface area is 205 Å². The molecule has 4 atom stereocenters. The van der Waals surface area contributed by atoms with Crippen molar-refractivity contribution in [3.63, 3.8) is 0 Å². The van der Waals surface area contributed by atoms with Gasteiger partial charge in [0.2, 0.25) is 6.54 Å². The van der Waals surface area contributed by atoms with Gasteiger partial charge in [-0.05, 0) is 16.7 Å². The fraction of sp³-hybridized carbons (Fsp3) is 0.286. The normalized spacial score (nSPS) is 14.5. The average Bonchev–Trinajstić information content (AvgIpc) is 2.88. The van der Waals surface area contributed by atoms with E-state index < -0.39 is 35.9 Å². The van der Waals surface area contributed by atoms with Crippen LogP contribution in [0.3, 0.4) is 0 Å². The van der Waals surface area contributed by atoms with Crippen molar-refractivity contribution in [2.45, 2.75) is 44.2 Å². The zero-order chi connectivity index (χ0) is 24.9. The molecule has 3 rings (SSSR count). The number of nitro groups is 1. The van der Waals surface area contributed by atoms with E-state index in [-0.39, 0.29) is 19.8 Å². The van der Waals surface area contributed by atoms with Gasteiger partial charge >= 0.3 is 0 Å². The Morgan fingerprint density at radius 3 is 1.54 bits per heavy atom. The van der Waals surface area contributed by atoms with Gasteiger partial charge in [-0.15, -0.1) is 6.58 Å². The second-order valence-electron chi connectivity index (χ2n) is 8.10. The lowest BCUT2D eigenvalue weighted by molar-refractivity contribution is -0.494. The van der Waals surface area contributed by atoms with Gasteiger partial charge in [-0.25, -0.2) is 0 Å². The maximum absolute atomic E-state index is 11.2. The van der Waals surface area contributed by atoms with Crippen LogP contribution >= 0.6 is 0 Å². The topological polar surface area (TPSA) is 91.1 Å². The van der Waals surface area contributed by atoms with Gasteiger partial charge < -0.3 is 19.3 Å². The fourth-order valence-corrected chi connectivity index (χ4v) is 3.66. The van der Waals surface area contributed by atoms with Crippen LogP contribution in [-0.4, -0.2) is 41.0 Å². The number of aliphatic hydroxyl groups excluding tert-OH is 1. The number of rotatable bonds is 15. The molecule has 0 aromatic heterocycles. The molecule has 0 bridgehead atoms. The molecule has 0 saturated heterocycles. The van der Waals surface area contributed by atoms with Gasteiger partial charge in [0.1, 0.15) is 24.4 Å². The van der Waals surface area contributed by atoms with Gasteiger partial charge in [0, 0.05) is 4.92 Å². The van der Waals surface area contributed by atoms with Crippen molar-refractivity contribution in [3.05, 3.63) is 130 Å². The highest BCUT2D eigenvalue weighted by atomic mass is 16.6. The van der Waals surface area contributed by atoms with E-state index in [4.69, 9.17) is 14.2 Å². The third-order valence-electron chi connectivity index (χ3n) is 5.45. The molecule has 0 amide bonds. The second-order valence-corrected chi connectivity index (χ2v) is 8.10. The molecule has 0 aliphatic rings. The van der Waals surface area contributed by atoms with Crippen LogP contribution in [0, 0.1) is 10.1 Å². The zero-order valence-corrected chi connectivity index (χ0v) is 19.5. The summed E-state index contributed by atoms with van der Waals surface area (Å²) in [5.74, 6) is 0. The van der Waals surface area contributed by atoms with Crippen molar-refractivity contribution >= 4 is 0 Å². The number of ether oxygens (including phenoxy) is 3. The Hall–Kier alpha value is -3.36. The standard InChI is InChI=1S/C28H31NO6/c1-2-26(33-19-22-12-6-3-7-13-22)28(35-21-24-16-10-5-11-17-24)27(25(30)18-29(31)32)34-20-23-14-8-4-9-15-23/h2-17,25-28,30H,1,18-21H2/t25-,26-,27+,28+/m1/s1. The molecule has 0 radical (unpaired) electrons. The van der Waals surface area contributed by atoms with Crippen LogP contribution in [0.25, 0.3) is 0 Å². The van der Waals surface area contributed by atoms with E-state index in [9.17, 15) is 15.2 Å². The third-order valence-corrected chi connectivity index (χ3v) is 5.45. The zero-order valence-electron chi connectivity index (χ0n) is 19.5. The van der Waals surface area contributed by atoms with Gasteiger partial charge in [0.15, 0.2) is 0 Å². The highest BCUT2D eigenvalue weighted by Gasteiger charge is 2.38. The van der Waals surface area contributed by atoms with Crippen LogP contribution in [0.15, 0.2) is 104 Å². The van der Waals surface area contributed by atoms with Gasteiger partial charge in [-0.1, -0.05) is 97.1 Å². The molecule has 1 N–H and O–H groups in total. The molecule has 0 fully saturated rings. The Kier molecular flexibility index (Phi) is 10.6. The quantitative estimate of drug-likeness (QED) is 0.196. The summed E-state index contributed by atoms with van der Waals surface area (Å²) >= 11 is 0. The smallest absolute Gasteiger partial charge is 0.232 e. The molecule has 0 unspecified atom stereocenters. The summed E-state index contributed by atoms with van der Waals surface area (Å²) in [6.45, 7) is 3.84. The lowest BCUT2D eigenvalue weighted by Crippen LogP contribution is -2.50. The molecule has 0 saturated carbocycles. The molecular formula is C28H31NO6. The summed E-state index contributed by atoms with van der Waals surface area (Å²) in [5, 5.41) is 22.1. The molecule has 7 heteroatoms. The maximum atomic E-state index is 11.2. The number of aliphatic hydroxyl groups is 1. The highest BCUT2D eigenvalue weighted by molar-refractivity contribution is 5.15. The van der Waals surface area contributed by atoms with Crippen LogP contribution in [0.2, 0.25) is 0 Å². The highest BCUT2D eigenvalue weighted by Crippen LogP contribution is 2.22. The summed E-state index contributed by atoms with van der Waals surface area (Å²) in [4.78, 5) is 10.7. The fourth-order valence-electron chi connectivity index (χ4n) is 3.66. The van der Waals surface area contributed by atoms with Crippen LogP contribution in [0.5, 0.6) is 0 Å². The molecule has 0 aliphatic heterocycles. The first-order valence-electron chi connectivity index (χ1n) is 11.5. The maximum Gasteiger partial charge on any atom is 0.232 e. The van der Waals surface area contributed by atoms with E-state index in [1.165, 1.54) is 0 Å². The summed E-state index contributed by atoms with van der Waals surface area (Å²) in [6.07, 6.45) is -2.42. The van der Waals surface area contributed by atoms with Crippen molar-refractivity contribution in [1.82, 2.24) is 0 Å². The summed E-state index contributed by atoms with van der Waals surface area (Å²) < 4.78 is 18.4. The first kappa shape index (κ1) is 26.2. The van der Waals surface area contributed by atoms with Crippen LogP contribution in [0.1, 0.15) is 16.7 Å². The minimum atomic E-state index is -1.42. The van der Waals surface area contributed by atoms with E-state index in [2.05, 4.69) is 6.58 Å². The Morgan fingerprint density at radius 1 is 0.743 bits per heavy atom. The van der Waals surface area contributed by atoms with Crippen molar-refractivity contribution in [3.8, 4) is 0 Å². The SMILES string of the molecule is C=C[C@@H](OCc1ccccc1)[C@H](OCc1ccccc1)[C@@H](OCc1ccccc1)[C@H](O)C[N+](=O)[O-]. The van der Waals surface area contributed by atoms with Gasteiger partial charge in [-0.3, -0.25) is 10.1 Å². The monoisotopic (exact) mass is 477 g/mol. The van der Waals surface area contributed by atoms with Crippen molar-refractivity contribution in [2.75, 3.05) is 6.54 Å². The summed E-state index contributed by atoms with van der Waals surface area (Å²) in [7, 11) is 0. The molecule has 0 heterocycles. The average molecular weight is 478 g/mol. The van der Waals surface area contributed by atoms with Crippen LogP contribution in [0.4, 0.5) is 0 Å². The molecule has 184 valence electrons. The molecule has 0 aliphatic carbocycles. The first-order chi connectivity index (χ1) is 17.1. The number of hydrogen-bond donors (Lipinski definition) is 1. The lowest BCUT2D eigenvalue weighted by atomic mass is 10.0. The van der Waals surface area contributed by atoms with Gasteiger partial charge in [0.25, 0.3) is 0 Å². The summed E-state index contributed by atoms with van der Waals surface area (Å²) in [5.41, 5.74) is 2.73. The molecule has 3 aromatic carbocycles. The Bertz CT molecular complexity index is 1020. The molecule has 0 spiro atoms. The Balaban J connectivity index is 1.84. The van der Waals surface area contributed by atoms with Crippen molar-refractivity contribution < 1.29 is 24.2 Å². The predicted molar refractivity (Wildman–Crippen MR) is 133 cm³/mol. The molecule has 3 aromatic rings. The van der Waals surface area contributed by atoms with E-state index in [1.54, 1.807) is 6.08 Å². The van der Waals surface area contributed by atoms with Crippen molar-refractivity contribution in [2.24, 2.45) is 0 Å². The second kappa shape index (κ2) is 14.1. The Morgan fingerprint density at radius 2 is 1.14 bits per heavy atom. The largest absolute Gasteiger partial charge is 0.383 e. The first-order valence-corrected chi connectivity index (χ1v) is 11.5. The lowest BCUT2D eigenvalue weighted by Gasteiger charge is -2.34. The number of nitrogens with zero attached hydrogens (tertiary/aromatic N) is 1. The van der Waals surface area contributed by atoms with E-state index in [1.807, 2.05) is 91.0 Å². The van der Waals surface area contributed by atoms with Gasteiger partial charge in [0.05, 0.1) is 19.8 Å². The number of benzene rings is 3. The minimum Gasteiger partial charge on any atom is -0.383 e. The van der Waals surface area contributed by atoms with Crippen LogP contribution < -0.4 is 0 Å². The van der Waals surface area contributed by atoms with Crippen molar-refractivity contribution in [1.29, 1.82) is 0 Å². The number of hydrogen-bond acceptors (Lipinski definition) is 6. The third kappa shape index (κ3) is 8.73. The van der Waals surface area contributed by atoms with E-state index in [0.717, 1.165) is 16.7 Å². The summed E-state index contributed by atoms with van der Waals surface area (Å²) in [6, 6.07) is 28.6. The van der Waals surface area contributed by atoms with E-state index >= 15 is 0 Å². The van der Waals surface area contributed by atoms with E-state index in [0.29, 0.717) is 0 Å². The predicted octanol–water partition coefficient (Wildman–Crippen LogP) is 4.57. The molecule has 35 heavy (non-hydrogen) atoms. The molecular weight excluding hydrogens is 446 g/mol.